The summed E-state index contributed by atoms with van der Waals surface area (Å²) in [5, 5.41) is 1.80. The van der Waals surface area contributed by atoms with E-state index >= 15 is 0 Å². The maximum Gasteiger partial charge on any atom is 0.404 e. The van der Waals surface area contributed by atoms with Gasteiger partial charge >= 0.3 is 6.09 Å². The molecule has 2 N–H and O–H groups in total. The Bertz CT molecular complexity index is 750. The minimum absolute atomic E-state index is 0.271. The predicted octanol–water partition coefficient (Wildman–Crippen LogP) is 3.68. The molecule has 0 radical (unpaired) electrons. The van der Waals surface area contributed by atoms with E-state index in [9.17, 15) is 9.59 Å². The Hall–Kier alpha value is -2.12. The molecule has 0 heterocycles. The smallest absolute Gasteiger partial charge is 0.404 e. The molecule has 0 saturated heterocycles. The summed E-state index contributed by atoms with van der Waals surface area (Å²) in [5.74, 6) is 0.531. The molecule has 0 aliphatic heterocycles. The monoisotopic (exact) mass is 409 g/mol. The fourth-order valence-electron chi connectivity index (χ4n) is 2.57. The fourth-order valence-corrected chi connectivity index (χ4v) is 2.95. The average molecular weight is 410 g/mol. The predicted molar refractivity (Wildman–Crippen MR) is 98.1 cm³/mol. The van der Waals surface area contributed by atoms with E-state index < -0.39 is 12.2 Å². The van der Waals surface area contributed by atoms with Gasteiger partial charge in [0.25, 0.3) is 0 Å². The van der Waals surface area contributed by atoms with Gasteiger partial charge in [0.05, 0.1) is 18.8 Å². The molecule has 0 unspecified atom stereocenters. The second kappa shape index (κ2) is 9.39. The Morgan fingerprint density at radius 1 is 1.32 bits per heavy atom. The molecule has 0 saturated carbocycles. The second-order valence-electron chi connectivity index (χ2n) is 5.47. The first-order valence-corrected chi connectivity index (χ1v) is 8.59. The quantitative estimate of drug-likeness (QED) is 0.503. The highest BCUT2D eigenvalue weighted by atomic mass is 79.9. The lowest BCUT2D eigenvalue weighted by molar-refractivity contribution is 0.0364. The lowest BCUT2D eigenvalue weighted by Crippen LogP contribution is -2.27. The Morgan fingerprint density at radius 3 is 2.80 bits per heavy atom. The van der Waals surface area contributed by atoms with Crippen LogP contribution in [0.3, 0.4) is 0 Å². The number of carbonyl (C=O) groups excluding carboxylic acids is 2. The number of halogens is 1. The Balaban J connectivity index is 1.99. The van der Waals surface area contributed by atoms with Crippen LogP contribution in [-0.2, 0) is 9.47 Å². The van der Waals surface area contributed by atoms with Crippen molar-refractivity contribution in [1.29, 1.82) is 0 Å². The van der Waals surface area contributed by atoms with Crippen LogP contribution in [0.25, 0.3) is 10.8 Å². The van der Waals surface area contributed by atoms with E-state index in [2.05, 4.69) is 15.9 Å². The highest BCUT2D eigenvalue weighted by molar-refractivity contribution is 9.10. The molecule has 2 aromatic rings. The summed E-state index contributed by atoms with van der Waals surface area (Å²) in [4.78, 5) is 22.3. The summed E-state index contributed by atoms with van der Waals surface area (Å²) in [7, 11) is 1.53. The molecule has 7 heteroatoms. The molecule has 1 atom stereocenters. The van der Waals surface area contributed by atoms with E-state index in [-0.39, 0.29) is 6.61 Å². The molecule has 0 bridgehead atoms. The van der Waals surface area contributed by atoms with Crippen molar-refractivity contribution < 1.29 is 23.8 Å². The van der Waals surface area contributed by atoms with Crippen LogP contribution in [0.15, 0.2) is 34.8 Å². The van der Waals surface area contributed by atoms with Gasteiger partial charge in [-0.3, -0.25) is 4.79 Å². The van der Waals surface area contributed by atoms with E-state index in [1.165, 1.54) is 7.11 Å². The number of rotatable bonds is 9. The number of primary amides is 1. The summed E-state index contributed by atoms with van der Waals surface area (Å²) in [6, 6.07) is 9.40. The lowest BCUT2D eigenvalue weighted by atomic mass is 10.0. The standard InChI is InChI=1S/C18H20BrNO5/c1-23-11-14(25-18(20)22)3-2-8-24-17-7-4-12-9-13(19)5-6-15(12)16(17)10-21/h4-7,9-10,14H,2-3,8,11H2,1H3,(H2,20,22)/t14-/m1/s1. The van der Waals surface area contributed by atoms with Gasteiger partial charge in [0.1, 0.15) is 11.9 Å². The normalized spacial score (nSPS) is 11.9. The summed E-state index contributed by atoms with van der Waals surface area (Å²) in [6.45, 7) is 0.651. The number of methoxy groups -OCH3 is 1. The van der Waals surface area contributed by atoms with Crippen molar-refractivity contribution in [1.82, 2.24) is 0 Å². The molecule has 0 aliphatic rings. The fraction of sp³-hybridized carbons (Fsp3) is 0.333. The third-order valence-electron chi connectivity index (χ3n) is 3.66. The zero-order valence-corrected chi connectivity index (χ0v) is 15.5. The molecule has 2 rings (SSSR count). The second-order valence-corrected chi connectivity index (χ2v) is 6.38. The number of ether oxygens (including phenoxy) is 3. The summed E-state index contributed by atoms with van der Waals surface area (Å²) in [5.41, 5.74) is 5.55. The van der Waals surface area contributed by atoms with Crippen molar-refractivity contribution in [3.63, 3.8) is 0 Å². The Morgan fingerprint density at radius 2 is 2.12 bits per heavy atom. The van der Waals surface area contributed by atoms with Crippen LogP contribution in [0.2, 0.25) is 0 Å². The zero-order valence-electron chi connectivity index (χ0n) is 13.9. The highest BCUT2D eigenvalue weighted by Gasteiger charge is 2.13. The van der Waals surface area contributed by atoms with Gasteiger partial charge in [-0.15, -0.1) is 0 Å². The summed E-state index contributed by atoms with van der Waals surface area (Å²) < 4.78 is 16.6. The molecular formula is C18H20BrNO5. The number of hydrogen-bond acceptors (Lipinski definition) is 5. The van der Waals surface area contributed by atoms with Gasteiger partial charge in [-0.25, -0.2) is 4.79 Å². The molecule has 0 aromatic heterocycles. The number of nitrogens with two attached hydrogens (primary N) is 1. The van der Waals surface area contributed by atoms with Crippen molar-refractivity contribution in [2.24, 2.45) is 5.73 Å². The molecule has 1 amide bonds. The third kappa shape index (κ3) is 5.44. The van der Waals surface area contributed by atoms with Crippen molar-refractivity contribution in [2.45, 2.75) is 18.9 Å². The van der Waals surface area contributed by atoms with Gasteiger partial charge in [0, 0.05) is 11.6 Å². The molecule has 0 fully saturated rings. The molecule has 25 heavy (non-hydrogen) atoms. The summed E-state index contributed by atoms with van der Waals surface area (Å²) in [6.07, 6.45) is 0.735. The van der Waals surface area contributed by atoms with E-state index in [1.807, 2.05) is 24.3 Å². The first kappa shape index (κ1) is 19.2. The highest BCUT2D eigenvalue weighted by Crippen LogP contribution is 2.29. The first-order valence-electron chi connectivity index (χ1n) is 7.80. The van der Waals surface area contributed by atoms with Gasteiger partial charge in [-0.1, -0.05) is 28.1 Å². The van der Waals surface area contributed by atoms with Crippen molar-refractivity contribution in [3.05, 3.63) is 40.4 Å². The molecule has 2 aromatic carbocycles. The number of hydrogen-bond donors (Lipinski definition) is 1. The van der Waals surface area contributed by atoms with E-state index in [1.54, 1.807) is 6.07 Å². The number of aldehydes is 1. The van der Waals surface area contributed by atoms with E-state index in [0.717, 1.165) is 21.5 Å². The average Bonchev–Trinajstić information content (AvgIpc) is 2.57. The number of fused-ring (bicyclic) bond motifs is 1. The van der Waals surface area contributed by atoms with Crippen LogP contribution in [0.5, 0.6) is 5.75 Å². The van der Waals surface area contributed by atoms with E-state index in [4.69, 9.17) is 19.9 Å². The zero-order chi connectivity index (χ0) is 18.2. The minimum Gasteiger partial charge on any atom is -0.493 e. The molecular weight excluding hydrogens is 390 g/mol. The SMILES string of the molecule is COC[C@@H](CCCOc1ccc2cc(Br)ccc2c1C=O)OC(N)=O. The van der Waals surface area contributed by atoms with Gasteiger partial charge in [-0.2, -0.15) is 0 Å². The molecule has 0 aliphatic carbocycles. The van der Waals surface area contributed by atoms with Crippen LogP contribution in [0.1, 0.15) is 23.2 Å². The maximum atomic E-state index is 11.5. The first-order chi connectivity index (χ1) is 12.0. The van der Waals surface area contributed by atoms with Crippen LogP contribution in [0, 0.1) is 0 Å². The van der Waals surface area contributed by atoms with Gasteiger partial charge < -0.3 is 19.9 Å². The topological polar surface area (TPSA) is 87.8 Å². The van der Waals surface area contributed by atoms with Crippen LogP contribution in [-0.4, -0.2) is 38.8 Å². The Labute approximate surface area is 154 Å². The lowest BCUT2D eigenvalue weighted by Gasteiger charge is -2.16. The number of amides is 1. The van der Waals surface area contributed by atoms with Gasteiger partial charge in [-0.05, 0) is 41.8 Å². The van der Waals surface area contributed by atoms with E-state index in [0.29, 0.717) is 30.8 Å². The van der Waals surface area contributed by atoms with Crippen LogP contribution < -0.4 is 10.5 Å². The molecule has 0 spiro atoms. The number of benzene rings is 2. The molecule has 6 nitrogen and oxygen atoms in total. The largest absolute Gasteiger partial charge is 0.493 e. The number of carbonyl (C=O) groups is 2. The van der Waals surface area contributed by atoms with Crippen molar-refractivity contribution >= 4 is 39.1 Å². The van der Waals surface area contributed by atoms with Crippen LogP contribution in [0.4, 0.5) is 4.79 Å². The van der Waals surface area contributed by atoms with Crippen LogP contribution >= 0.6 is 15.9 Å². The van der Waals surface area contributed by atoms with Crippen molar-refractivity contribution in [2.75, 3.05) is 20.3 Å². The third-order valence-corrected chi connectivity index (χ3v) is 4.16. The van der Waals surface area contributed by atoms with Crippen molar-refractivity contribution in [3.8, 4) is 5.75 Å². The summed E-state index contributed by atoms with van der Waals surface area (Å²) >= 11 is 3.42. The Kier molecular flexibility index (Phi) is 7.21. The van der Waals surface area contributed by atoms with Gasteiger partial charge in [0.2, 0.25) is 0 Å². The molecule has 134 valence electrons. The van der Waals surface area contributed by atoms with Gasteiger partial charge in [0.15, 0.2) is 6.29 Å². The minimum atomic E-state index is -0.827. The maximum absolute atomic E-state index is 11.5.